The van der Waals surface area contributed by atoms with Crippen molar-refractivity contribution in [1.29, 1.82) is 0 Å². The molecule has 1 saturated heterocycles. The monoisotopic (exact) mass is 207 g/mol. The molecule has 1 aliphatic rings. The van der Waals surface area contributed by atoms with E-state index in [1.807, 2.05) is 12.1 Å². The highest BCUT2D eigenvalue weighted by atomic mass is 16.5. The molecule has 82 valence electrons. The average Bonchev–Trinajstić information content (AvgIpc) is 2.81. The lowest BCUT2D eigenvalue weighted by atomic mass is 9.97. The Bertz CT molecular complexity index is 332. The molecule has 1 aliphatic heterocycles. The quantitative estimate of drug-likeness (QED) is 0.819. The molecular weight excluding hydrogens is 190 g/mol. The Kier molecular flexibility index (Phi) is 3.11. The summed E-state index contributed by atoms with van der Waals surface area (Å²) in [4.78, 5) is 0. The van der Waals surface area contributed by atoms with Gasteiger partial charge in [-0.1, -0.05) is 12.1 Å². The number of methoxy groups -OCH3 is 2. The first-order valence-electron chi connectivity index (χ1n) is 5.28. The Morgan fingerprint density at radius 2 is 2.13 bits per heavy atom. The van der Waals surface area contributed by atoms with Crippen molar-refractivity contribution in [2.75, 3.05) is 27.3 Å². The molecule has 1 N–H and O–H groups in total. The van der Waals surface area contributed by atoms with Gasteiger partial charge in [-0.05, 0) is 19.0 Å². The van der Waals surface area contributed by atoms with Crippen molar-refractivity contribution in [3.8, 4) is 11.5 Å². The molecule has 1 fully saturated rings. The zero-order valence-corrected chi connectivity index (χ0v) is 9.25. The lowest BCUT2D eigenvalue weighted by molar-refractivity contribution is 0.350. The van der Waals surface area contributed by atoms with Crippen LogP contribution in [0.15, 0.2) is 18.2 Å². The molecular formula is C12H17NO2. The van der Waals surface area contributed by atoms with E-state index in [0.29, 0.717) is 5.92 Å². The highest BCUT2D eigenvalue weighted by molar-refractivity contribution is 5.48. The Morgan fingerprint density at radius 3 is 2.73 bits per heavy atom. The van der Waals surface area contributed by atoms with Crippen molar-refractivity contribution in [3.63, 3.8) is 0 Å². The van der Waals surface area contributed by atoms with Gasteiger partial charge in [-0.2, -0.15) is 0 Å². The van der Waals surface area contributed by atoms with Crippen LogP contribution in [0.2, 0.25) is 0 Å². The molecule has 1 aromatic rings. The SMILES string of the molecule is COc1cccc([C@@H]2CCNC2)c1OC. The van der Waals surface area contributed by atoms with Crippen molar-refractivity contribution >= 4 is 0 Å². The molecule has 0 unspecified atom stereocenters. The average molecular weight is 207 g/mol. The molecule has 15 heavy (non-hydrogen) atoms. The van der Waals surface area contributed by atoms with Crippen LogP contribution in [-0.2, 0) is 0 Å². The molecule has 0 aliphatic carbocycles. The van der Waals surface area contributed by atoms with Crippen LogP contribution in [0.5, 0.6) is 11.5 Å². The van der Waals surface area contributed by atoms with Crippen molar-refractivity contribution in [1.82, 2.24) is 5.32 Å². The fraction of sp³-hybridized carbons (Fsp3) is 0.500. The van der Waals surface area contributed by atoms with Gasteiger partial charge in [0.25, 0.3) is 0 Å². The Hall–Kier alpha value is -1.22. The fourth-order valence-corrected chi connectivity index (χ4v) is 2.15. The van der Waals surface area contributed by atoms with Crippen molar-refractivity contribution < 1.29 is 9.47 Å². The minimum Gasteiger partial charge on any atom is -0.493 e. The van der Waals surface area contributed by atoms with Gasteiger partial charge in [-0.3, -0.25) is 0 Å². The summed E-state index contributed by atoms with van der Waals surface area (Å²) in [6.45, 7) is 2.12. The van der Waals surface area contributed by atoms with Crippen LogP contribution in [-0.4, -0.2) is 27.3 Å². The Balaban J connectivity index is 2.36. The van der Waals surface area contributed by atoms with Crippen LogP contribution in [0.1, 0.15) is 17.9 Å². The van der Waals surface area contributed by atoms with Gasteiger partial charge < -0.3 is 14.8 Å². The molecule has 1 aromatic carbocycles. The van der Waals surface area contributed by atoms with Gasteiger partial charge in [0, 0.05) is 18.0 Å². The van der Waals surface area contributed by atoms with E-state index in [-0.39, 0.29) is 0 Å². The standard InChI is InChI=1S/C12H17NO2/c1-14-11-5-3-4-10(12(11)15-2)9-6-7-13-8-9/h3-5,9,13H,6-8H2,1-2H3/t9-/m1/s1. The predicted octanol–water partition coefficient (Wildman–Crippen LogP) is 1.78. The maximum atomic E-state index is 5.43. The van der Waals surface area contributed by atoms with Crippen molar-refractivity contribution in [3.05, 3.63) is 23.8 Å². The van der Waals surface area contributed by atoms with Gasteiger partial charge in [-0.15, -0.1) is 0 Å². The Morgan fingerprint density at radius 1 is 1.27 bits per heavy atom. The molecule has 0 amide bonds. The zero-order chi connectivity index (χ0) is 10.7. The summed E-state index contributed by atoms with van der Waals surface area (Å²) in [5, 5.41) is 3.36. The minimum atomic E-state index is 0.551. The van der Waals surface area contributed by atoms with E-state index >= 15 is 0 Å². The summed E-state index contributed by atoms with van der Waals surface area (Å²) in [7, 11) is 3.37. The smallest absolute Gasteiger partial charge is 0.164 e. The van der Waals surface area contributed by atoms with E-state index < -0.39 is 0 Å². The number of nitrogens with one attached hydrogen (secondary N) is 1. The molecule has 0 aromatic heterocycles. The lowest BCUT2D eigenvalue weighted by Crippen LogP contribution is -2.09. The molecule has 0 spiro atoms. The number of para-hydroxylation sites is 1. The number of hydrogen-bond acceptors (Lipinski definition) is 3. The first-order valence-corrected chi connectivity index (χ1v) is 5.28. The first kappa shape index (κ1) is 10.3. The third-order valence-corrected chi connectivity index (χ3v) is 2.93. The van der Waals surface area contributed by atoms with Crippen LogP contribution in [0.4, 0.5) is 0 Å². The second-order valence-electron chi connectivity index (χ2n) is 3.77. The van der Waals surface area contributed by atoms with Gasteiger partial charge in [0.1, 0.15) is 0 Å². The normalized spacial score (nSPS) is 20.3. The molecule has 2 rings (SSSR count). The number of hydrogen-bond donors (Lipinski definition) is 1. The first-order chi connectivity index (χ1) is 7.36. The van der Waals surface area contributed by atoms with E-state index in [1.54, 1.807) is 14.2 Å². The van der Waals surface area contributed by atoms with Crippen LogP contribution in [0, 0.1) is 0 Å². The summed E-state index contributed by atoms with van der Waals surface area (Å²) >= 11 is 0. The summed E-state index contributed by atoms with van der Waals surface area (Å²) in [5.74, 6) is 2.26. The van der Waals surface area contributed by atoms with E-state index in [9.17, 15) is 0 Å². The number of rotatable bonds is 3. The van der Waals surface area contributed by atoms with Gasteiger partial charge in [0.15, 0.2) is 11.5 Å². The summed E-state index contributed by atoms with van der Waals surface area (Å²) in [5.41, 5.74) is 1.25. The van der Waals surface area contributed by atoms with Gasteiger partial charge >= 0.3 is 0 Å². The van der Waals surface area contributed by atoms with E-state index in [2.05, 4.69) is 11.4 Å². The third kappa shape index (κ3) is 1.92. The van der Waals surface area contributed by atoms with Crippen molar-refractivity contribution in [2.45, 2.75) is 12.3 Å². The molecule has 1 heterocycles. The summed E-state index contributed by atoms with van der Waals surface area (Å²) in [6.07, 6.45) is 1.17. The van der Waals surface area contributed by atoms with E-state index in [4.69, 9.17) is 9.47 Å². The molecule has 1 atom stereocenters. The minimum absolute atomic E-state index is 0.551. The van der Waals surface area contributed by atoms with Crippen LogP contribution < -0.4 is 14.8 Å². The number of benzene rings is 1. The van der Waals surface area contributed by atoms with E-state index in [1.165, 1.54) is 12.0 Å². The van der Waals surface area contributed by atoms with Crippen LogP contribution in [0.25, 0.3) is 0 Å². The molecule has 3 heteroatoms. The molecule has 0 bridgehead atoms. The van der Waals surface area contributed by atoms with Gasteiger partial charge in [0.2, 0.25) is 0 Å². The second kappa shape index (κ2) is 4.53. The highest BCUT2D eigenvalue weighted by Gasteiger charge is 2.21. The second-order valence-corrected chi connectivity index (χ2v) is 3.77. The largest absolute Gasteiger partial charge is 0.493 e. The third-order valence-electron chi connectivity index (χ3n) is 2.93. The van der Waals surface area contributed by atoms with E-state index in [0.717, 1.165) is 24.6 Å². The van der Waals surface area contributed by atoms with Crippen LogP contribution in [0.3, 0.4) is 0 Å². The van der Waals surface area contributed by atoms with Crippen molar-refractivity contribution in [2.24, 2.45) is 0 Å². The summed E-state index contributed by atoms with van der Waals surface area (Å²) < 4.78 is 10.7. The molecule has 0 saturated carbocycles. The molecule has 3 nitrogen and oxygen atoms in total. The maximum absolute atomic E-state index is 5.43. The Labute approximate surface area is 90.4 Å². The fourth-order valence-electron chi connectivity index (χ4n) is 2.15. The predicted molar refractivity (Wildman–Crippen MR) is 59.8 cm³/mol. The molecule has 0 radical (unpaired) electrons. The lowest BCUT2D eigenvalue weighted by Gasteiger charge is -2.16. The zero-order valence-electron chi connectivity index (χ0n) is 9.25. The van der Waals surface area contributed by atoms with Gasteiger partial charge in [-0.25, -0.2) is 0 Å². The van der Waals surface area contributed by atoms with Crippen LogP contribution >= 0.6 is 0 Å². The number of ether oxygens (including phenoxy) is 2. The topological polar surface area (TPSA) is 30.5 Å². The summed E-state index contributed by atoms with van der Waals surface area (Å²) in [6, 6.07) is 6.08. The van der Waals surface area contributed by atoms with Gasteiger partial charge in [0.05, 0.1) is 14.2 Å². The highest BCUT2D eigenvalue weighted by Crippen LogP contribution is 2.37. The maximum Gasteiger partial charge on any atom is 0.164 e.